The highest BCUT2D eigenvalue weighted by molar-refractivity contribution is 6.33. The van der Waals surface area contributed by atoms with E-state index in [0.29, 0.717) is 17.3 Å². The van der Waals surface area contributed by atoms with Gasteiger partial charge in [-0.1, -0.05) is 37.6 Å². The maximum Gasteiger partial charge on any atom is 0.321 e. The normalized spacial score (nSPS) is 12.2. The Kier molecular flexibility index (Phi) is 8.61. The second kappa shape index (κ2) is 10.2. The summed E-state index contributed by atoms with van der Waals surface area (Å²) in [5.41, 5.74) is 0.478. The summed E-state index contributed by atoms with van der Waals surface area (Å²) in [6, 6.07) is 5.91. The van der Waals surface area contributed by atoms with Crippen molar-refractivity contribution in [2.24, 2.45) is 0 Å². The highest BCUT2D eigenvalue weighted by atomic mass is 35.5. The van der Waals surface area contributed by atoms with E-state index in [9.17, 15) is 14.7 Å². The number of rotatable bonds is 10. The van der Waals surface area contributed by atoms with Crippen molar-refractivity contribution in [3.63, 3.8) is 0 Å². The molecule has 0 spiro atoms. The topological polar surface area (TPSA) is 81.7 Å². The molecule has 6 nitrogen and oxygen atoms in total. The van der Waals surface area contributed by atoms with Crippen molar-refractivity contribution in [2.75, 3.05) is 31.5 Å². The van der Waals surface area contributed by atoms with Crippen molar-refractivity contribution in [3.8, 4) is 0 Å². The first-order valence-electron chi connectivity index (χ1n) is 7.70. The lowest BCUT2D eigenvalue weighted by atomic mass is 10.2. The molecular weight excluding hydrogens is 318 g/mol. The first kappa shape index (κ1) is 19.4. The van der Waals surface area contributed by atoms with Gasteiger partial charge in [0.05, 0.1) is 17.1 Å². The van der Waals surface area contributed by atoms with E-state index in [2.05, 4.69) is 29.4 Å². The number of likely N-dealkylation sites (N-methyl/N-ethyl adjacent to an activating group) is 1. The Balaban J connectivity index is 2.50. The summed E-state index contributed by atoms with van der Waals surface area (Å²) in [5.74, 6) is -1.43. The second-order valence-electron chi connectivity index (χ2n) is 5.10. The monoisotopic (exact) mass is 341 g/mol. The first-order valence-corrected chi connectivity index (χ1v) is 8.08. The van der Waals surface area contributed by atoms with Crippen molar-refractivity contribution in [2.45, 2.75) is 26.3 Å². The largest absolute Gasteiger partial charge is 0.480 e. The zero-order valence-electron chi connectivity index (χ0n) is 13.5. The molecule has 3 N–H and O–H groups in total. The average molecular weight is 342 g/mol. The number of carbonyl (C=O) groups is 2. The Morgan fingerprint density at radius 2 is 1.91 bits per heavy atom. The summed E-state index contributed by atoms with van der Waals surface area (Å²) < 4.78 is 0. The number of nitrogens with one attached hydrogen (secondary N) is 2. The third-order valence-electron chi connectivity index (χ3n) is 3.55. The summed E-state index contributed by atoms with van der Waals surface area (Å²) in [4.78, 5) is 25.5. The van der Waals surface area contributed by atoms with Crippen LogP contribution >= 0.6 is 11.6 Å². The summed E-state index contributed by atoms with van der Waals surface area (Å²) >= 11 is 5.97. The van der Waals surface area contributed by atoms with Crippen LogP contribution in [0.25, 0.3) is 0 Å². The van der Waals surface area contributed by atoms with E-state index in [1.165, 1.54) is 0 Å². The van der Waals surface area contributed by atoms with Gasteiger partial charge in [-0.15, -0.1) is 0 Å². The molecule has 0 aromatic heterocycles. The number of amides is 1. The number of carbonyl (C=O) groups excluding carboxylic acids is 1. The van der Waals surface area contributed by atoms with Gasteiger partial charge in [-0.3, -0.25) is 9.59 Å². The van der Waals surface area contributed by atoms with E-state index in [-0.39, 0.29) is 12.3 Å². The van der Waals surface area contributed by atoms with Crippen LogP contribution < -0.4 is 10.6 Å². The minimum Gasteiger partial charge on any atom is -0.480 e. The molecule has 0 aliphatic rings. The molecule has 0 saturated heterocycles. The van der Waals surface area contributed by atoms with Crippen LogP contribution in [0.2, 0.25) is 5.02 Å². The Bertz CT molecular complexity index is 521. The third kappa shape index (κ3) is 6.99. The SMILES string of the molecule is CCN(CC)CCN[C@@H](CC(=O)Nc1ccccc1Cl)C(=O)O. The smallest absolute Gasteiger partial charge is 0.321 e. The van der Waals surface area contributed by atoms with Crippen LogP contribution in [0.4, 0.5) is 5.69 Å². The summed E-state index contributed by atoms with van der Waals surface area (Å²) in [6.07, 6.45) is -0.154. The predicted octanol–water partition coefficient (Wildman–Crippen LogP) is 2.05. The third-order valence-corrected chi connectivity index (χ3v) is 3.88. The molecule has 0 aliphatic heterocycles. The number of carboxylic acid groups (broad SMARTS) is 1. The molecule has 1 atom stereocenters. The van der Waals surface area contributed by atoms with Crippen molar-refractivity contribution >= 4 is 29.2 Å². The van der Waals surface area contributed by atoms with Crippen LogP contribution in [0.15, 0.2) is 24.3 Å². The van der Waals surface area contributed by atoms with Crippen molar-refractivity contribution in [1.29, 1.82) is 0 Å². The lowest BCUT2D eigenvalue weighted by Gasteiger charge is -2.20. The number of para-hydroxylation sites is 1. The van der Waals surface area contributed by atoms with Crippen LogP contribution in [0, 0.1) is 0 Å². The summed E-state index contributed by atoms with van der Waals surface area (Å²) in [7, 11) is 0. The van der Waals surface area contributed by atoms with Crippen LogP contribution in [0.1, 0.15) is 20.3 Å². The molecule has 0 bridgehead atoms. The lowest BCUT2D eigenvalue weighted by Crippen LogP contribution is -2.43. The minimum atomic E-state index is -1.04. The maximum absolute atomic E-state index is 12.0. The molecular formula is C16H24ClN3O3. The van der Waals surface area contributed by atoms with Crippen LogP contribution in [0.3, 0.4) is 0 Å². The molecule has 0 saturated carbocycles. The van der Waals surface area contributed by atoms with Gasteiger partial charge in [0, 0.05) is 13.1 Å². The maximum atomic E-state index is 12.0. The van der Waals surface area contributed by atoms with Gasteiger partial charge >= 0.3 is 5.97 Å². The summed E-state index contributed by atoms with van der Waals surface area (Å²) in [6.45, 7) is 7.16. The fraction of sp³-hybridized carbons (Fsp3) is 0.500. The molecule has 0 aliphatic carbocycles. The molecule has 1 amide bonds. The number of carboxylic acids is 1. The molecule has 23 heavy (non-hydrogen) atoms. The molecule has 1 aromatic carbocycles. The van der Waals surface area contributed by atoms with Crippen LogP contribution in [0.5, 0.6) is 0 Å². The standard InChI is InChI=1S/C16H24ClN3O3/c1-3-20(4-2)10-9-18-14(16(22)23)11-15(21)19-13-8-6-5-7-12(13)17/h5-8,14,18H,3-4,9-11H2,1-2H3,(H,19,21)(H,22,23)/t14-/m0/s1. The van der Waals surface area contributed by atoms with Crippen LogP contribution in [-0.2, 0) is 9.59 Å². The zero-order chi connectivity index (χ0) is 17.2. The molecule has 0 unspecified atom stereocenters. The highest BCUT2D eigenvalue weighted by Crippen LogP contribution is 2.20. The summed E-state index contributed by atoms with van der Waals surface area (Å²) in [5, 5.41) is 15.2. The Hall–Kier alpha value is -1.63. The van der Waals surface area contributed by atoms with E-state index in [0.717, 1.165) is 19.6 Å². The van der Waals surface area contributed by atoms with Gasteiger partial charge in [-0.2, -0.15) is 0 Å². The second-order valence-corrected chi connectivity index (χ2v) is 5.51. The number of nitrogens with zero attached hydrogens (tertiary/aromatic N) is 1. The van der Waals surface area contributed by atoms with Crippen LogP contribution in [-0.4, -0.2) is 54.1 Å². The Morgan fingerprint density at radius 1 is 1.26 bits per heavy atom. The molecule has 0 heterocycles. The molecule has 0 radical (unpaired) electrons. The van der Waals surface area contributed by atoms with Gasteiger partial charge < -0.3 is 20.6 Å². The number of benzene rings is 1. The Morgan fingerprint density at radius 3 is 2.48 bits per heavy atom. The lowest BCUT2D eigenvalue weighted by molar-refractivity contribution is -0.141. The van der Waals surface area contributed by atoms with Crippen molar-refractivity contribution in [3.05, 3.63) is 29.3 Å². The number of halogens is 1. The van der Waals surface area contributed by atoms with Gasteiger partial charge in [0.1, 0.15) is 6.04 Å². The van der Waals surface area contributed by atoms with Gasteiger partial charge in [0.2, 0.25) is 5.91 Å². The van der Waals surface area contributed by atoms with Crippen molar-refractivity contribution in [1.82, 2.24) is 10.2 Å². The molecule has 1 rings (SSSR count). The quantitative estimate of drug-likeness (QED) is 0.607. The van der Waals surface area contributed by atoms with Gasteiger partial charge in [-0.05, 0) is 25.2 Å². The molecule has 0 fully saturated rings. The molecule has 1 aromatic rings. The Labute approximate surface area is 141 Å². The zero-order valence-corrected chi connectivity index (χ0v) is 14.3. The highest BCUT2D eigenvalue weighted by Gasteiger charge is 2.21. The fourth-order valence-corrected chi connectivity index (χ4v) is 2.32. The number of anilines is 1. The molecule has 7 heteroatoms. The van der Waals surface area contributed by atoms with Gasteiger partial charge in [0.25, 0.3) is 0 Å². The minimum absolute atomic E-state index is 0.154. The van der Waals surface area contributed by atoms with E-state index in [4.69, 9.17) is 11.6 Å². The molecule has 128 valence electrons. The average Bonchev–Trinajstić information content (AvgIpc) is 2.52. The first-order chi connectivity index (χ1) is 11.0. The predicted molar refractivity (Wildman–Crippen MR) is 91.9 cm³/mol. The van der Waals surface area contributed by atoms with E-state index < -0.39 is 12.0 Å². The van der Waals surface area contributed by atoms with E-state index in [1.807, 2.05) is 0 Å². The van der Waals surface area contributed by atoms with E-state index >= 15 is 0 Å². The number of hydrogen-bond donors (Lipinski definition) is 3. The van der Waals surface area contributed by atoms with Gasteiger partial charge in [0.15, 0.2) is 0 Å². The number of hydrogen-bond acceptors (Lipinski definition) is 4. The van der Waals surface area contributed by atoms with Crippen molar-refractivity contribution < 1.29 is 14.7 Å². The van der Waals surface area contributed by atoms with E-state index in [1.54, 1.807) is 24.3 Å². The van der Waals surface area contributed by atoms with Gasteiger partial charge in [-0.25, -0.2) is 0 Å². The number of aliphatic carboxylic acids is 1. The fourth-order valence-electron chi connectivity index (χ4n) is 2.13.